The highest BCUT2D eigenvalue weighted by Crippen LogP contribution is 2.45. The van der Waals surface area contributed by atoms with Gasteiger partial charge >= 0.3 is 5.91 Å². The number of ether oxygens (including phenoxy) is 2. The Bertz CT molecular complexity index is 1560. The van der Waals surface area contributed by atoms with Crippen LogP contribution in [0.25, 0.3) is 5.76 Å². The summed E-state index contributed by atoms with van der Waals surface area (Å²) in [5.41, 5.74) is 1.84. The number of carbonyl (C=O) groups is 2. The number of ketones is 1. The summed E-state index contributed by atoms with van der Waals surface area (Å²) in [4.78, 5) is 32.0. The van der Waals surface area contributed by atoms with Crippen molar-refractivity contribution >= 4 is 57.3 Å². The molecular weight excluding hydrogens is 560 g/mol. The summed E-state index contributed by atoms with van der Waals surface area (Å²) in [6.45, 7) is 0. The number of aromatic nitrogens is 3. The van der Waals surface area contributed by atoms with E-state index in [0.29, 0.717) is 37.7 Å². The number of aliphatic hydroxyl groups excluding tert-OH is 1. The van der Waals surface area contributed by atoms with E-state index in [1.54, 1.807) is 30.3 Å². The second-order valence-corrected chi connectivity index (χ2v) is 10.9. The predicted molar refractivity (Wildman–Crippen MR) is 149 cm³/mol. The number of halogens is 1. The van der Waals surface area contributed by atoms with Crippen molar-refractivity contribution in [3.8, 4) is 11.5 Å². The lowest BCUT2D eigenvalue weighted by Gasteiger charge is -2.23. The fourth-order valence-corrected chi connectivity index (χ4v) is 6.07. The maximum absolute atomic E-state index is 13.4. The highest BCUT2D eigenvalue weighted by molar-refractivity contribution is 8.00. The fraction of sp³-hybridized carbons (Fsp3) is 0.148. The molecule has 3 heterocycles. The summed E-state index contributed by atoms with van der Waals surface area (Å²) in [6.07, 6.45) is 2.98. The molecule has 2 aromatic carbocycles. The van der Waals surface area contributed by atoms with Crippen molar-refractivity contribution < 1.29 is 24.2 Å². The number of hydrogen-bond donors (Lipinski definition) is 1. The van der Waals surface area contributed by atoms with Crippen molar-refractivity contribution in [3.05, 3.63) is 94.3 Å². The number of hydrogen-bond acceptors (Lipinski definition) is 10. The molecule has 1 atom stereocenters. The predicted octanol–water partition coefficient (Wildman–Crippen LogP) is 5.52. The minimum Gasteiger partial charge on any atom is -0.507 e. The number of methoxy groups -OCH3 is 2. The molecule has 198 valence electrons. The lowest BCUT2D eigenvalue weighted by Crippen LogP contribution is -2.29. The maximum atomic E-state index is 13.4. The van der Waals surface area contributed by atoms with E-state index in [1.807, 2.05) is 24.3 Å². The molecule has 1 aliphatic heterocycles. The Morgan fingerprint density at radius 1 is 1.03 bits per heavy atom. The molecule has 1 N–H and O–H groups in total. The van der Waals surface area contributed by atoms with E-state index >= 15 is 0 Å². The number of pyridine rings is 1. The van der Waals surface area contributed by atoms with Gasteiger partial charge in [0.1, 0.15) is 5.76 Å². The van der Waals surface area contributed by atoms with Gasteiger partial charge in [-0.1, -0.05) is 52.9 Å². The number of nitrogens with zero attached hydrogens (tertiary/aromatic N) is 4. The van der Waals surface area contributed by atoms with Gasteiger partial charge in [-0.15, -0.1) is 10.2 Å². The van der Waals surface area contributed by atoms with Gasteiger partial charge in [-0.05, 0) is 47.5 Å². The quantitative estimate of drug-likeness (QED) is 0.0945. The average molecular weight is 581 g/mol. The van der Waals surface area contributed by atoms with E-state index in [-0.39, 0.29) is 16.5 Å². The highest BCUT2D eigenvalue weighted by Gasteiger charge is 2.48. The molecule has 0 bridgehead atoms. The monoisotopic (exact) mass is 580 g/mol. The van der Waals surface area contributed by atoms with Crippen molar-refractivity contribution in [2.45, 2.75) is 16.1 Å². The van der Waals surface area contributed by atoms with Crippen molar-refractivity contribution in [1.82, 2.24) is 15.2 Å². The minimum atomic E-state index is -0.986. The van der Waals surface area contributed by atoms with Crippen molar-refractivity contribution in [3.63, 3.8) is 0 Å². The van der Waals surface area contributed by atoms with Crippen LogP contribution in [0, 0.1) is 0 Å². The number of amides is 1. The number of anilines is 1. The molecule has 39 heavy (non-hydrogen) atoms. The zero-order chi connectivity index (χ0) is 27.5. The molecule has 0 radical (unpaired) electrons. The molecule has 0 spiro atoms. The number of carbonyl (C=O) groups excluding carboxylic acids is 2. The second-order valence-electron chi connectivity index (χ2n) is 8.29. The Labute approximate surface area is 237 Å². The lowest BCUT2D eigenvalue weighted by atomic mass is 9.95. The summed E-state index contributed by atoms with van der Waals surface area (Å²) >= 11 is 8.60. The Morgan fingerprint density at radius 3 is 2.44 bits per heavy atom. The van der Waals surface area contributed by atoms with Gasteiger partial charge in [-0.25, -0.2) is 0 Å². The molecule has 2 aromatic heterocycles. The fourth-order valence-electron chi connectivity index (χ4n) is 4.12. The second kappa shape index (κ2) is 11.4. The van der Waals surface area contributed by atoms with Gasteiger partial charge in [-0.3, -0.25) is 19.5 Å². The van der Waals surface area contributed by atoms with Crippen LogP contribution in [0.1, 0.15) is 22.7 Å². The van der Waals surface area contributed by atoms with Gasteiger partial charge in [0, 0.05) is 28.7 Å². The van der Waals surface area contributed by atoms with Crippen molar-refractivity contribution in [2.24, 2.45) is 0 Å². The van der Waals surface area contributed by atoms with Crippen LogP contribution >= 0.6 is 34.7 Å². The van der Waals surface area contributed by atoms with Gasteiger partial charge in [-0.2, -0.15) is 0 Å². The average Bonchev–Trinajstić information content (AvgIpc) is 3.54. The van der Waals surface area contributed by atoms with Crippen LogP contribution in [-0.4, -0.2) is 46.2 Å². The molecule has 12 heteroatoms. The molecule has 0 aliphatic carbocycles. The Balaban J connectivity index is 1.56. The Hall–Kier alpha value is -3.93. The molecule has 0 saturated carbocycles. The first-order chi connectivity index (χ1) is 18.9. The molecular formula is C27H21ClN4O5S2. The zero-order valence-electron chi connectivity index (χ0n) is 20.7. The first-order valence-electron chi connectivity index (χ1n) is 11.5. The number of aliphatic hydroxyl groups is 1. The molecule has 4 aromatic rings. The molecule has 1 saturated heterocycles. The number of rotatable bonds is 8. The molecule has 1 fully saturated rings. The van der Waals surface area contributed by atoms with Crippen LogP contribution in [0.15, 0.2) is 76.9 Å². The maximum Gasteiger partial charge on any atom is 0.301 e. The SMILES string of the molecule is COc1ccc(C2C(=C(O)c3ccncc3)C(=O)C(=O)N2c2nnc(SCc3ccc(Cl)cc3)s2)cc1OC. The van der Waals surface area contributed by atoms with E-state index < -0.39 is 17.7 Å². The van der Waals surface area contributed by atoms with Crippen LogP contribution in [-0.2, 0) is 15.3 Å². The molecule has 1 unspecified atom stereocenters. The smallest absolute Gasteiger partial charge is 0.301 e. The Morgan fingerprint density at radius 2 is 1.74 bits per heavy atom. The number of thioether (sulfide) groups is 1. The molecule has 1 amide bonds. The lowest BCUT2D eigenvalue weighted by molar-refractivity contribution is -0.132. The van der Waals surface area contributed by atoms with Gasteiger partial charge in [0.05, 0.1) is 25.8 Å². The zero-order valence-corrected chi connectivity index (χ0v) is 23.1. The summed E-state index contributed by atoms with van der Waals surface area (Å²) in [6, 6.07) is 14.7. The van der Waals surface area contributed by atoms with Gasteiger partial charge in [0.15, 0.2) is 15.8 Å². The third-order valence-electron chi connectivity index (χ3n) is 6.00. The van der Waals surface area contributed by atoms with Crippen molar-refractivity contribution in [2.75, 3.05) is 19.1 Å². The van der Waals surface area contributed by atoms with Crippen LogP contribution < -0.4 is 14.4 Å². The van der Waals surface area contributed by atoms with Gasteiger partial charge < -0.3 is 14.6 Å². The normalized spacial score (nSPS) is 16.5. The van der Waals surface area contributed by atoms with Crippen LogP contribution in [0.3, 0.4) is 0 Å². The first-order valence-corrected chi connectivity index (χ1v) is 13.7. The number of Topliss-reactive ketones (excluding diaryl/α,β-unsaturated/α-hetero) is 1. The van der Waals surface area contributed by atoms with E-state index in [2.05, 4.69) is 15.2 Å². The standard InChI is InChI=1S/C27H21ClN4O5S2/c1-36-19-8-5-17(13-20(19)37-2)22-21(23(33)16-9-11-29-12-10-16)24(34)25(35)32(22)26-30-31-27(39-26)38-14-15-3-6-18(28)7-4-15/h3-13,22,33H,14H2,1-2H3. The van der Waals surface area contributed by atoms with Crippen LogP contribution in [0.4, 0.5) is 5.13 Å². The van der Waals surface area contributed by atoms with Gasteiger partial charge in [0.2, 0.25) is 5.13 Å². The first kappa shape index (κ1) is 26.7. The van der Waals surface area contributed by atoms with E-state index in [0.717, 1.165) is 5.56 Å². The van der Waals surface area contributed by atoms with Crippen LogP contribution in [0.5, 0.6) is 11.5 Å². The molecule has 1 aliphatic rings. The summed E-state index contributed by atoms with van der Waals surface area (Å²) in [5.74, 6) is -0.485. The van der Waals surface area contributed by atoms with E-state index in [1.165, 1.54) is 54.6 Å². The largest absolute Gasteiger partial charge is 0.507 e. The van der Waals surface area contributed by atoms with Crippen LogP contribution in [0.2, 0.25) is 5.02 Å². The Kier molecular flexibility index (Phi) is 7.82. The minimum absolute atomic E-state index is 0.0796. The highest BCUT2D eigenvalue weighted by atomic mass is 35.5. The molecule has 9 nitrogen and oxygen atoms in total. The summed E-state index contributed by atoms with van der Waals surface area (Å²) < 4.78 is 11.4. The van der Waals surface area contributed by atoms with Gasteiger partial charge in [0.25, 0.3) is 5.78 Å². The number of benzene rings is 2. The third kappa shape index (κ3) is 5.33. The third-order valence-corrected chi connectivity index (χ3v) is 8.38. The van der Waals surface area contributed by atoms with E-state index in [9.17, 15) is 14.7 Å². The summed E-state index contributed by atoms with van der Waals surface area (Å²) in [5, 5.41) is 20.6. The van der Waals surface area contributed by atoms with E-state index in [4.69, 9.17) is 21.1 Å². The van der Waals surface area contributed by atoms with Crippen molar-refractivity contribution in [1.29, 1.82) is 0 Å². The topological polar surface area (TPSA) is 115 Å². The molecule has 5 rings (SSSR count). The summed E-state index contributed by atoms with van der Waals surface area (Å²) in [7, 11) is 3.00.